The number of hydrogen-bond acceptors (Lipinski definition) is 4. The van der Waals surface area contributed by atoms with Crippen LogP contribution in [0.1, 0.15) is 63.1 Å². The highest BCUT2D eigenvalue weighted by Gasteiger charge is 2.31. The molecule has 6 heteroatoms. The Morgan fingerprint density at radius 3 is 2.81 bits per heavy atom. The Bertz CT molecular complexity index is 917. The molecule has 5 nitrogen and oxygen atoms in total. The van der Waals surface area contributed by atoms with Gasteiger partial charge in [-0.15, -0.1) is 0 Å². The molecule has 1 aromatic carbocycles. The Hall–Kier alpha value is -2.21. The van der Waals surface area contributed by atoms with Crippen molar-refractivity contribution in [3.05, 3.63) is 36.0 Å². The number of rotatable bonds is 11. The number of aliphatic carboxylic acids is 1. The molecule has 1 saturated heterocycles. The second-order valence-electron chi connectivity index (χ2n) is 9.60. The van der Waals surface area contributed by atoms with E-state index in [0.29, 0.717) is 36.0 Å². The van der Waals surface area contributed by atoms with E-state index in [-0.39, 0.29) is 6.42 Å². The number of hydrogen-bond donors (Lipinski definition) is 1. The van der Waals surface area contributed by atoms with Crippen LogP contribution in [0, 0.1) is 17.8 Å². The SMILES string of the molecule is COc1ccc2nccc([C@@H](F)CCC3CCN(CCC4CC4)CC3CCC(=O)O)c2c1. The predicted octanol–water partition coefficient (Wildman–Crippen LogP) is 5.64. The highest BCUT2D eigenvalue weighted by atomic mass is 19.1. The Kier molecular flexibility index (Phi) is 7.61. The number of carboxylic acids is 1. The van der Waals surface area contributed by atoms with E-state index in [0.717, 1.165) is 49.3 Å². The number of benzene rings is 1. The maximum absolute atomic E-state index is 15.4. The summed E-state index contributed by atoms with van der Waals surface area (Å²) >= 11 is 0. The summed E-state index contributed by atoms with van der Waals surface area (Å²) in [4.78, 5) is 18.1. The maximum atomic E-state index is 15.4. The van der Waals surface area contributed by atoms with Crippen LogP contribution in [0.15, 0.2) is 30.5 Å². The minimum atomic E-state index is -1.07. The smallest absolute Gasteiger partial charge is 0.303 e. The third-order valence-corrected chi connectivity index (χ3v) is 7.37. The van der Waals surface area contributed by atoms with Crippen molar-refractivity contribution in [3.63, 3.8) is 0 Å². The molecule has 1 aliphatic heterocycles. The van der Waals surface area contributed by atoms with Crippen LogP contribution in [0.2, 0.25) is 0 Å². The van der Waals surface area contributed by atoms with Gasteiger partial charge in [-0.3, -0.25) is 9.78 Å². The topological polar surface area (TPSA) is 62.7 Å². The van der Waals surface area contributed by atoms with E-state index in [9.17, 15) is 9.90 Å². The average molecular weight is 443 g/mol. The van der Waals surface area contributed by atoms with Crippen molar-refractivity contribution in [2.24, 2.45) is 17.8 Å². The normalized spacial score (nSPS) is 22.7. The Balaban J connectivity index is 1.39. The van der Waals surface area contributed by atoms with Crippen molar-refractivity contribution in [1.29, 1.82) is 0 Å². The lowest BCUT2D eigenvalue weighted by Crippen LogP contribution is -2.41. The highest BCUT2D eigenvalue weighted by molar-refractivity contribution is 5.83. The Morgan fingerprint density at radius 2 is 2.06 bits per heavy atom. The molecule has 2 aliphatic rings. The number of carbonyl (C=O) groups is 1. The monoisotopic (exact) mass is 442 g/mol. The predicted molar refractivity (Wildman–Crippen MR) is 124 cm³/mol. The molecule has 3 atom stereocenters. The molecule has 2 unspecified atom stereocenters. The van der Waals surface area contributed by atoms with Crippen LogP contribution in [0.3, 0.4) is 0 Å². The summed E-state index contributed by atoms with van der Waals surface area (Å²) in [6.45, 7) is 3.13. The molecule has 32 heavy (non-hydrogen) atoms. The molecular weight excluding hydrogens is 407 g/mol. The first-order valence-corrected chi connectivity index (χ1v) is 12.0. The zero-order valence-electron chi connectivity index (χ0n) is 19.0. The molecule has 2 aromatic rings. The number of alkyl halides is 1. The van der Waals surface area contributed by atoms with Gasteiger partial charge in [-0.2, -0.15) is 0 Å². The summed E-state index contributed by atoms with van der Waals surface area (Å²) in [6.07, 6.45) is 7.76. The fourth-order valence-corrected chi connectivity index (χ4v) is 5.21. The number of carboxylic acid groups (broad SMARTS) is 1. The number of fused-ring (bicyclic) bond motifs is 1. The maximum Gasteiger partial charge on any atom is 0.303 e. The van der Waals surface area contributed by atoms with Crippen LogP contribution >= 0.6 is 0 Å². The largest absolute Gasteiger partial charge is 0.497 e. The Morgan fingerprint density at radius 1 is 1.22 bits per heavy atom. The van der Waals surface area contributed by atoms with E-state index >= 15 is 4.39 Å². The second kappa shape index (κ2) is 10.6. The number of piperidine rings is 1. The van der Waals surface area contributed by atoms with Gasteiger partial charge in [-0.05, 0) is 92.8 Å². The van der Waals surface area contributed by atoms with Gasteiger partial charge in [0.25, 0.3) is 0 Å². The standard InChI is InChI=1S/C26H35FN2O3/c1-32-21-6-8-25-23(16-21)22(10-13-28-25)24(27)7-4-19-12-15-29(14-11-18-2-3-18)17-20(19)5-9-26(30)31/h6,8,10,13,16,18-20,24H,2-5,7,9,11-12,14-15,17H2,1H3,(H,30,31)/t19?,20?,24-/m0/s1. The van der Waals surface area contributed by atoms with E-state index in [4.69, 9.17) is 4.74 Å². The van der Waals surface area contributed by atoms with Crippen molar-refractivity contribution in [1.82, 2.24) is 9.88 Å². The van der Waals surface area contributed by atoms with E-state index in [1.165, 1.54) is 19.3 Å². The van der Waals surface area contributed by atoms with E-state index in [1.807, 2.05) is 18.2 Å². The molecule has 0 spiro atoms. The quantitative estimate of drug-likeness (QED) is 0.488. The van der Waals surface area contributed by atoms with Gasteiger partial charge in [0.05, 0.1) is 12.6 Å². The number of methoxy groups -OCH3 is 1. The van der Waals surface area contributed by atoms with Gasteiger partial charge < -0.3 is 14.7 Å². The first-order chi connectivity index (χ1) is 15.5. The number of pyridine rings is 1. The van der Waals surface area contributed by atoms with Crippen LogP contribution < -0.4 is 4.74 Å². The summed E-state index contributed by atoms with van der Waals surface area (Å²) in [5, 5.41) is 10.0. The van der Waals surface area contributed by atoms with Crippen LogP contribution in [0.4, 0.5) is 4.39 Å². The van der Waals surface area contributed by atoms with Gasteiger partial charge in [-0.25, -0.2) is 4.39 Å². The van der Waals surface area contributed by atoms with Crippen LogP contribution in [-0.4, -0.2) is 47.7 Å². The molecule has 1 aromatic heterocycles. The fraction of sp³-hybridized carbons (Fsp3) is 0.615. The first kappa shape index (κ1) is 23.0. The van der Waals surface area contributed by atoms with Gasteiger partial charge in [0.15, 0.2) is 0 Å². The van der Waals surface area contributed by atoms with Crippen LogP contribution in [-0.2, 0) is 4.79 Å². The van der Waals surface area contributed by atoms with Gasteiger partial charge in [0, 0.05) is 24.5 Å². The van der Waals surface area contributed by atoms with Crippen molar-refractivity contribution in [3.8, 4) is 5.75 Å². The number of aromatic nitrogens is 1. The third-order valence-electron chi connectivity index (χ3n) is 7.37. The Labute approximate surface area is 190 Å². The summed E-state index contributed by atoms with van der Waals surface area (Å²) in [6, 6.07) is 7.34. The van der Waals surface area contributed by atoms with Gasteiger partial charge in [0.1, 0.15) is 11.9 Å². The molecular formula is C26H35FN2O3. The molecule has 1 saturated carbocycles. The summed E-state index contributed by atoms with van der Waals surface area (Å²) in [5.41, 5.74) is 1.44. The van der Waals surface area contributed by atoms with Crippen molar-refractivity contribution in [2.45, 2.75) is 57.5 Å². The van der Waals surface area contributed by atoms with Crippen molar-refractivity contribution >= 4 is 16.9 Å². The average Bonchev–Trinajstić information content (AvgIpc) is 3.64. The first-order valence-electron chi connectivity index (χ1n) is 12.0. The van der Waals surface area contributed by atoms with Gasteiger partial charge in [0.2, 0.25) is 0 Å². The zero-order chi connectivity index (χ0) is 22.5. The lowest BCUT2D eigenvalue weighted by atomic mass is 9.79. The van der Waals surface area contributed by atoms with E-state index < -0.39 is 12.1 Å². The molecule has 2 fully saturated rings. The summed E-state index contributed by atoms with van der Waals surface area (Å²) in [7, 11) is 1.61. The molecule has 0 bridgehead atoms. The van der Waals surface area contributed by atoms with Crippen LogP contribution in [0.5, 0.6) is 5.75 Å². The lowest BCUT2D eigenvalue weighted by Gasteiger charge is -2.39. The highest BCUT2D eigenvalue weighted by Crippen LogP contribution is 2.37. The van der Waals surface area contributed by atoms with Gasteiger partial charge in [-0.1, -0.05) is 12.8 Å². The number of ether oxygens (including phenoxy) is 1. The molecule has 174 valence electrons. The molecule has 4 rings (SSSR count). The minimum Gasteiger partial charge on any atom is -0.497 e. The lowest BCUT2D eigenvalue weighted by molar-refractivity contribution is -0.137. The molecule has 0 radical (unpaired) electrons. The number of nitrogens with zero attached hydrogens (tertiary/aromatic N) is 2. The molecule has 0 amide bonds. The second-order valence-corrected chi connectivity index (χ2v) is 9.60. The molecule has 1 N–H and O–H groups in total. The number of halogens is 1. The van der Waals surface area contributed by atoms with Crippen LogP contribution in [0.25, 0.3) is 10.9 Å². The van der Waals surface area contributed by atoms with Crippen molar-refractivity contribution in [2.75, 3.05) is 26.7 Å². The zero-order valence-corrected chi connectivity index (χ0v) is 19.0. The summed E-state index contributed by atoms with van der Waals surface area (Å²) < 4.78 is 20.7. The summed E-state index contributed by atoms with van der Waals surface area (Å²) in [5.74, 6) is 1.59. The third kappa shape index (κ3) is 5.97. The fourth-order valence-electron chi connectivity index (χ4n) is 5.21. The van der Waals surface area contributed by atoms with Gasteiger partial charge >= 0.3 is 5.97 Å². The molecule has 1 aliphatic carbocycles. The number of likely N-dealkylation sites (tertiary alicyclic amines) is 1. The molecule has 2 heterocycles. The van der Waals surface area contributed by atoms with E-state index in [1.54, 1.807) is 19.4 Å². The van der Waals surface area contributed by atoms with Crippen molar-refractivity contribution < 1.29 is 19.0 Å². The van der Waals surface area contributed by atoms with E-state index in [2.05, 4.69) is 9.88 Å². The minimum absolute atomic E-state index is 0.200.